The first-order chi connectivity index (χ1) is 13.8. The maximum absolute atomic E-state index is 12.8. The lowest BCUT2D eigenvalue weighted by Gasteiger charge is -2.32. The third-order valence-corrected chi connectivity index (χ3v) is 4.97. The van der Waals surface area contributed by atoms with Gasteiger partial charge >= 0.3 is 0 Å². The number of rotatable bonds is 4. The van der Waals surface area contributed by atoms with Gasteiger partial charge in [-0.15, -0.1) is 0 Å². The van der Waals surface area contributed by atoms with Gasteiger partial charge in [-0.3, -0.25) is 19.4 Å². The SMILES string of the molecule is CC(C)(C)c1ccccc1NC(=O)c1cc(C(=O)N2CCN(C=O)CC2)ccn1. The van der Waals surface area contributed by atoms with Gasteiger partial charge in [-0.05, 0) is 29.2 Å². The molecule has 2 heterocycles. The minimum Gasteiger partial charge on any atom is -0.342 e. The lowest BCUT2D eigenvalue weighted by molar-refractivity contribution is -0.119. The van der Waals surface area contributed by atoms with Crippen LogP contribution in [0, 0.1) is 0 Å². The number of carbonyl (C=O) groups is 3. The highest BCUT2D eigenvalue weighted by molar-refractivity contribution is 6.05. The highest BCUT2D eigenvalue weighted by Gasteiger charge is 2.23. The van der Waals surface area contributed by atoms with Gasteiger partial charge in [0.05, 0.1) is 0 Å². The normalized spacial score (nSPS) is 14.4. The minimum atomic E-state index is -0.359. The van der Waals surface area contributed by atoms with Crippen LogP contribution in [-0.2, 0) is 10.2 Å². The van der Waals surface area contributed by atoms with E-state index in [-0.39, 0.29) is 22.9 Å². The molecule has 1 saturated heterocycles. The van der Waals surface area contributed by atoms with Gasteiger partial charge in [0.25, 0.3) is 11.8 Å². The van der Waals surface area contributed by atoms with E-state index in [1.807, 2.05) is 24.3 Å². The van der Waals surface area contributed by atoms with E-state index < -0.39 is 0 Å². The van der Waals surface area contributed by atoms with Crippen LogP contribution in [0.15, 0.2) is 42.6 Å². The lowest BCUT2D eigenvalue weighted by atomic mass is 9.86. The molecule has 3 amide bonds. The summed E-state index contributed by atoms with van der Waals surface area (Å²) in [6, 6.07) is 10.8. The van der Waals surface area contributed by atoms with E-state index in [1.54, 1.807) is 15.9 Å². The van der Waals surface area contributed by atoms with Gasteiger partial charge in [-0.25, -0.2) is 0 Å². The molecule has 0 spiro atoms. The number of carbonyl (C=O) groups excluding carboxylic acids is 3. The highest BCUT2D eigenvalue weighted by Crippen LogP contribution is 2.29. The number of amides is 3. The van der Waals surface area contributed by atoms with E-state index >= 15 is 0 Å². The molecule has 0 radical (unpaired) electrons. The quantitative estimate of drug-likeness (QED) is 0.808. The molecule has 152 valence electrons. The largest absolute Gasteiger partial charge is 0.342 e. The first-order valence-electron chi connectivity index (χ1n) is 9.65. The Balaban J connectivity index is 1.75. The Labute approximate surface area is 170 Å². The predicted octanol–water partition coefficient (Wildman–Crippen LogP) is 2.55. The van der Waals surface area contributed by atoms with Crippen molar-refractivity contribution in [2.45, 2.75) is 26.2 Å². The lowest BCUT2D eigenvalue weighted by Crippen LogP contribution is -2.48. The second kappa shape index (κ2) is 8.43. The molecule has 1 fully saturated rings. The van der Waals surface area contributed by atoms with Crippen LogP contribution in [0.5, 0.6) is 0 Å². The molecule has 1 aliphatic heterocycles. The van der Waals surface area contributed by atoms with Gasteiger partial charge in [0.2, 0.25) is 6.41 Å². The zero-order valence-corrected chi connectivity index (χ0v) is 17.0. The number of nitrogens with one attached hydrogen (secondary N) is 1. The Morgan fingerprint density at radius 2 is 1.76 bits per heavy atom. The second-order valence-corrected chi connectivity index (χ2v) is 8.11. The Morgan fingerprint density at radius 3 is 2.41 bits per heavy atom. The molecule has 0 bridgehead atoms. The summed E-state index contributed by atoms with van der Waals surface area (Å²) in [5, 5.41) is 2.92. The van der Waals surface area contributed by atoms with Crippen molar-refractivity contribution in [2.24, 2.45) is 0 Å². The third-order valence-electron chi connectivity index (χ3n) is 4.97. The number of hydrogen-bond acceptors (Lipinski definition) is 4. The van der Waals surface area contributed by atoms with Gasteiger partial charge in [0.15, 0.2) is 0 Å². The Morgan fingerprint density at radius 1 is 1.07 bits per heavy atom. The number of benzene rings is 1. The summed E-state index contributed by atoms with van der Waals surface area (Å²) in [6.07, 6.45) is 2.27. The van der Waals surface area contributed by atoms with Gasteiger partial charge in [-0.2, -0.15) is 0 Å². The van der Waals surface area contributed by atoms with Crippen molar-refractivity contribution >= 4 is 23.9 Å². The van der Waals surface area contributed by atoms with Crippen molar-refractivity contribution in [3.8, 4) is 0 Å². The Kier molecular flexibility index (Phi) is 5.96. The fourth-order valence-electron chi connectivity index (χ4n) is 3.33. The molecule has 3 rings (SSSR count). The molecule has 1 N–H and O–H groups in total. The number of aromatic nitrogens is 1. The average molecular weight is 394 g/mol. The maximum atomic E-state index is 12.8. The molecule has 1 aromatic carbocycles. The van der Waals surface area contributed by atoms with Gasteiger partial charge in [0.1, 0.15) is 5.69 Å². The van der Waals surface area contributed by atoms with Gasteiger partial charge < -0.3 is 15.1 Å². The monoisotopic (exact) mass is 394 g/mol. The highest BCUT2D eigenvalue weighted by atomic mass is 16.2. The molecule has 2 aromatic rings. The molecule has 0 unspecified atom stereocenters. The molecule has 29 heavy (non-hydrogen) atoms. The zero-order valence-electron chi connectivity index (χ0n) is 17.0. The fourth-order valence-corrected chi connectivity index (χ4v) is 3.33. The summed E-state index contributed by atoms with van der Waals surface area (Å²) in [6.45, 7) is 8.22. The molecular weight excluding hydrogens is 368 g/mol. The number of pyridine rings is 1. The summed E-state index contributed by atoms with van der Waals surface area (Å²) in [5.41, 5.74) is 2.22. The van der Waals surface area contributed by atoms with E-state index in [2.05, 4.69) is 31.1 Å². The van der Waals surface area contributed by atoms with Crippen molar-refractivity contribution in [1.82, 2.24) is 14.8 Å². The van der Waals surface area contributed by atoms with E-state index in [0.29, 0.717) is 31.7 Å². The third kappa shape index (κ3) is 4.80. The first kappa shape index (κ1) is 20.5. The van der Waals surface area contributed by atoms with Crippen LogP contribution in [0.4, 0.5) is 5.69 Å². The fraction of sp³-hybridized carbons (Fsp3) is 0.364. The van der Waals surface area contributed by atoms with Crippen molar-refractivity contribution in [1.29, 1.82) is 0 Å². The van der Waals surface area contributed by atoms with Crippen molar-refractivity contribution in [3.05, 3.63) is 59.4 Å². The summed E-state index contributed by atoms with van der Waals surface area (Å²) >= 11 is 0. The Bertz CT molecular complexity index is 912. The summed E-state index contributed by atoms with van der Waals surface area (Å²) in [5.74, 6) is -0.524. The standard InChI is InChI=1S/C22H26N4O3/c1-22(2,3)17-6-4-5-7-18(17)24-20(28)19-14-16(8-9-23-19)21(29)26-12-10-25(15-27)11-13-26/h4-9,14-15H,10-13H2,1-3H3,(H,24,28). The van der Waals surface area contributed by atoms with Crippen LogP contribution in [-0.4, -0.2) is 59.2 Å². The molecule has 7 heteroatoms. The smallest absolute Gasteiger partial charge is 0.274 e. The zero-order chi connectivity index (χ0) is 21.0. The maximum Gasteiger partial charge on any atom is 0.274 e. The number of nitrogens with zero attached hydrogens (tertiary/aromatic N) is 3. The predicted molar refractivity (Wildman–Crippen MR) is 111 cm³/mol. The van der Waals surface area contributed by atoms with Gasteiger partial charge in [0, 0.05) is 43.6 Å². The molecule has 1 aromatic heterocycles. The molecule has 7 nitrogen and oxygen atoms in total. The van der Waals surface area contributed by atoms with Gasteiger partial charge in [-0.1, -0.05) is 39.0 Å². The van der Waals surface area contributed by atoms with E-state index in [0.717, 1.165) is 17.7 Å². The molecular formula is C22H26N4O3. The van der Waals surface area contributed by atoms with Crippen LogP contribution >= 0.6 is 0 Å². The minimum absolute atomic E-state index is 0.126. The second-order valence-electron chi connectivity index (χ2n) is 8.11. The number of hydrogen-bond donors (Lipinski definition) is 1. The van der Waals surface area contributed by atoms with Crippen LogP contribution < -0.4 is 5.32 Å². The number of anilines is 1. The summed E-state index contributed by atoms with van der Waals surface area (Å²) in [4.78, 5) is 43.9. The molecule has 0 aliphatic carbocycles. The van der Waals surface area contributed by atoms with Crippen molar-refractivity contribution in [3.63, 3.8) is 0 Å². The van der Waals surface area contributed by atoms with E-state index in [4.69, 9.17) is 0 Å². The van der Waals surface area contributed by atoms with E-state index in [9.17, 15) is 14.4 Å². The van der Waals surface area contributed by atoms with Crippen LogP contribution in [0.1, 0.15) is 47.2 Å². The van der Waals surface area contributed by atoms with Crippen molar-refractivity contribution < 1.29 is 14.4 Å². The topological polar surface area (TPSA) is 82.6 Å². The first-order valence-corrected chi connectivity index (χ1v) is 9.65. The molecule has 0 atom stereocenters. The number of para-hydroxylation sites is 1. The number of piperazine rings is 1. The van der Waals surface area contributed by atoms with E-state index in [1.165, 1.54) is 12.3 Å². The molecule has 0 saturated carbocycles. The van der Waals surface area contributed by atoms with Crippen LogP contribution in [0.25, 0.3) is 0 Å². The van der Waals surface area contributed by atoms with Crippen LogP contribution in [0.3, 0.4) is 0 Å². The van der Waals surface area contributed by atoms with Crippen LogP contribution in [0.2, 0.25) is 0 Å². The Hall–Kier alpha value is -3.22. The summed E-state index contributed by atoms with van der Waals surface area (Å²) in [7, 11) is 0. The van der Waals surface area contributed by atoms with Crippen molar-refractivity contribution in [2.75, 3.05) is 31.5 Å². The average Bonchev–Trinajstić information content (AvgIpc) is 2.73. The molecule has 1 aliphatic rings. The summed E-state index contributed by atoms with van der Waals surface area (Å²) < 4.78 is 0.